The van der Waals surface area contributed by atoms with E-state index in [1.165, 1.54) is 0 Å². The van der Waals surface area contributed by atoms with Gasteiger partial charge in [0.15, 0.2) is 11.5 Å². The third-order valence-corrected chi connectivity index (χ3v) is 2.39. The molecular formula is C14H23NO3. The standard InChI is InChI=1S/C14H23NO3/c1-4-17-13-7-5-6-8-14(13)18-12(2)11-15-9-10-16-3/h5-8,12,15H,4,9-11H2,1-3H3. The summed E-state index contributed by atoms with van der Waals surface area (Å²) in [6.07, 6.45) is 0.0865. The zero-order valence-electron chi connectivity index (χ0n) is 11.4. The minimum atomic E-state index is 0.0865. The SMILES string of the molecule is CCOc1ccccc1OC(C)CNCCOC. The highest BCUT2D eigenvalue weighted by atomic mass is 16.5. The van der Waals surface area contributed by atoms with Crippen LogP contribution in [-0.4, -0.2) is 39.5 Å². The molecule has 1 aromatic carbocycles. The fourth-order valence-electron chi connectivity index (χ4n) is 1.56. The molecule has 4 heteroatoms. The third kappa shape index (κ3) is 5.38. The maximum atomic E-state index is 5.85. The second kappa shape index (κ2) is 8.78. The van der Waals surface area contributed by atoms with Crippen LogP contribution in [0.3, 0.4) is 0 Å². The first-order valence-electron chi connectivity index (χ1n) is 6.36. The summed E-state index contributed by atoms with van der Waals surface area (Å²) in [5.41, 5.74) is 0. The van der Waals surface area contributed by atoms with Crippen molar-refractivity contribution in [2.75, 3.05) is 33.4 Å². The lowest BCUT2D eigenvalue weighted by molar-refractivity contribution is 0.180. The van der Waals surface area contributed by atoms with Crippen molar-refractivity contribution in [3.8, 4) is 11.5 Å². The van der Waals surface area contributed by atoms with E-state index < -0.39 is 0 Å². The van der Waals surface area contributed by atoms with Crippen LogP contribution < -0.4 is 14.8 Å². The minimum absolute atomic E-state index is 0.0865. The van der Waals surface area contributed by atoms with Crippen molar-refractivity contribution in [2.24, 2.45) is 0 Å². The van der Waals surface area contributed by atoms with Crippen LogP contribution in [0.25, 0.3) is 0 Å². The molecule has 1 unspecified atom stereocenters. The summed E-state index contributed by atoms with van der Waals surface area (Å²) in [7, 11) is 1.69. The summed E-state index contributed by atoms with van der Waals surface area (Å²) >= 11 is 0. The van der Waals surface area contributed by atoms with Crippen LogP contribution >= 0.6 is 0 Å². The quantitative estimate of drug-likeness (QED) is 0.684. The van der Waals surface area contributed by atoms with Crippen LogP contribution in [0.5, 0.6) is 11.5 Å². The Morgan fingerprint density at radius 3 is 2.61 bits per heavy atom. The van der Waals surface area contributed by atoms with E-state index in [0.29, 0.717) is 13.2 Å². The van der Waals surface area contributed by atoms with Crippen molar-refractivity contribution in [2.45, 2.75) is 20.0 Å². The van der Waals surface area contributed by atoms with Crippen molar-refractivity contribution in [1.82, 2.24) is 5.32 Å². The average Bonchev–Trinajstić information content (AvgIpc) is 2.37. The lowest BCUT2D eigenvalue weighted by Gasteiger charge is -2.17. The highest BCUT2D eigenvalue weighted by Crippen LogP contribution is 2.27. The average molecular weight is 253 g/mol. The molecule has 0 fully saturated rings. The highest BCUT2D eigenvalue weighted by Gasteiger charge is 2.08. The highest BCUT2D eigenvalue weighted by molar-refractivity contribution is 5.39. The van der Waals surface area contributed by atoms with Gasteiger partial charge in [-0.05, 0) is 26.0 Å². The Kier molecular flexibility index (Phi) is 7.22. The van der Waals surface area contributed by atoms with Gasteiger partial charge in [-0.1, -0.05) is 12.1 Å². The van der Waals surface area contributed by atoms with Crippen LogP contribution in [0.15, 0.2) is 24.3 Å². The normalized spacial score (nSPS) is 12.2. The van der Waals surface area contributed by atoms with Crippen molar-refractivity contribution >= 4 is 0 Å². The molecule has 4 nitrogen and oxygen atoms in total. The molecule has 0 amide bonds. The zero-order chi connectivity index (χ0) is 13.2. The maximum Gasteiger partial charge on any atom is 0.161 e. The molecule has 0 aromatic heterocycles. The fraction of sp³-hybridized carbons (Fsp3) is 0.571. The van der Waals surface area contributed by atoms with E-state index in [1.807, 2.05) is 38.1 Å². The molecule has 1 aromatic rings. The van der Waals surface area contributed by atoms with Gasteiger partial charge in [-0.25, -0.2) is 0 Å². The van der Waals surface area contributed by atoms with Gasteiger partial charge in [0.25, 0.3) is 0 Å². The van der Waals surface area contributed by atoms with Gasteiger partial charge in [-0.3, -0.25) is 0 Å². The lowest BCUT2D eigenvalue weighted by atomic mass is 10.3. The summed E-state index contributed by atoms with van der Waals surface area (Å²) in [5, 5.41) is 3.27. The van der Waals surface area contributed by atoms with Crippen molar-refractivity contribution in [1.29, 1.82) is 0 Å². The Morgan fingerprint density at radius 1 is 1.22 bits per heavy atom. The van der Waals surface area contributed by atoms with Gasteiger partial charge in [0.05, 0.1) is 13.2 Å². The Bertz CT molecular complexity index is 331. The first-order valence-corrected chi connectivity index (χ1v) is 6.36. The van der Waals surface area contributed by atoms with E-state index in [1.54, 1.807) is 7.11 Å². The van der Waals surface area contributed by atoms with Crippen molar-refractivity contribution in [3.05, 3.63) is 24.3 Å². The molecule has 1 N–H and O–H groups in total. The first kappa shape index (κ1) is 14.8. The molecule has 0 radical (unpaired) electrons. The summed E-state index contributed by atoms with van der Waals surface area (Å²) in [6, 6.07) is 7.74. The molecule has 0 spiro atoms. The summed E-state index contributed by atoms with van der Waals surface area (Å²) in [6.45, 7) is 6.96. The molecule has 18 heavy (non-hydrogen) atoms. The monoisotopic (exact) mass is 253 g/mol. The van der Waals surface area contributed by atoms with Crippen LogP contribution in [-0.2, 0) is 4.74 Å². The lowest BCUT2D eigenvalue weighted by Crippen LogP contribution is -2.31. The van der Waals surface area contributed by atoms with E-state index in [0.717, 1.165) is 24.6 Å². The number of para-hydroxylation sites is 2. The smallest absolute Gasteiger partial charge is 0.161 e. The topological polar surface area (TPSA) is 39.7 Å². The van der Waals surface area contributed by atoms with Gasteiger partial charge < -0.3 is 19.5 Å². The molecule has 1 rings (SSSR count). The van der Waals surface area contributed by atoms with Crippen LogP contribution in [0.1, 0.15) is 13.8 Å². The Labute approximate surface area is 109 Å². The van der Waals surface area contributed by atoms with E-state index in [9.17, 15) is 0 Å². The maximum absolute atomic E-state index is 5.85. The van der Waals surface area contributed by atoms with Gasteiger partial charge in [-0.2, -0.15) is 0 Å². The predicted octanol–water partition coefficient (Wildman–Crippen LogP) is 2.09. The third-order valence-electron chi connectivity index (χ3n) is 2.39. The molecule has 0 aliphatic heterocycles. The van der Waals surface area contributed by atoms with E-state index >= 15 is 0 Å². The molecule has 0 aliphatic rings. The minimum Gasteiger partial charge on any atom is -0.490 e. The summed E-state index contributed by atoms with van der Waals surface area (Å²) in [5.74, 6) is 1.59. The van der Waals surface area contributed by atoms with Crippen LogP contribution in [0.4, 0.5) is 0 Å². The zero-order valence-corrected chi connectivity index (χ0v) is 11.4. The number of rotatable bonds is 9. The summed E-state index contributed by atoms with van der Waals surface area (Å²) in [4.78, 5) is 0. The molecule has 1 atom stereocenters. The van der Waals surface area contributed by atoms with Crippen LogP contribution in [0, 0.1) is 0 Å². The first-order chi connectivity index (χ1) is 8.77. The van der Waals surface area contributed by atoms with Gasteiger partial charge in [0.2, 0.25) is 0 Å². The van der Waals surface area contributed by atoms with Crippen molar-refractivity contribution < 1.29 is 14.2 Å². The van der Waals surface area contributed by atoms with E-state index in [4.69, 9.17) is 14.2 Å². The Morgan fingerprint density at radius 2 is 1.94 bits per heavy atom. The van der Waals surface area contributed by atoms with Gasteiger partial charge in [0, 0.05) is 20.2 Å². The second-order valence-electron chi connectivity index (χ2n) is 4.01. The van der Waals surface area contributed by atoms with Crippen LogP contribution in [0.2, 0.25) is 0 Å². The second-order valence-corrected chi connectivity index (χ2v) is 4.01. The number of hydrogen-bond acceptors (Lipinski definition) is 4. The van der Waals surface area contributed by atoms with Gasteiger partial charge >= 0.3 is 0 Å². The molecule has 0 bridgehead atoms. The van der Waals surface area contributed by atoms with E-state index in [2.05, 4.69) is 5.32 Å². The van der Waals surface area contributed by atoms with Gasteiger partial charge in [-0.15, -0.1) is 0 Å². The number of methoxy groups -OCH3 is 1. The molecule has 0 saturated heterocycles. The fourth-order valence-corrected chi connectivity index (χ4v) is 1.56. The molecular weight excluding hydrogens is 230 g/mol. The number of ether oxygens (including phenoxy) is 3. The predicted molar refractivity (Wildman–Crippen MR) is 72.4 cm³/mol. The molecule has 0 saturated carbocycles. The largest absolute Gasteiger partial charge is 0.490 e. The Hall–Kier alpha value is -1.26. The molecule has 0 heterocycles. The Balaban J connectivity index is 2.40. The molecule has 0 aliphatic carbocycles. The number of benzene rings is 1. The molecule has 102 valence electrons. The van der Waals surface area contributed by atoms with E-state index in [-0.39, 0.29) is 6.10 Å². The number of nitrogens with one attached hydrogen (secondary N) is 1. The summed E-state index contributed by atoms with van der Waals surface area (Å²) < 4.78 is 16.3. The van der Waals surface area contributed by atoms with Gasteiger partial charge in [0.1, 0.15) is 6.10 Å². The van der Waals surface area contributed by atoms with Crippen molar-refractivity contribution in [3.63, 3.8) is 0 Å². The number of hydrogen-bond donors (Lipinski definition) is 1.